The van der Waals surface area contributed by atoms with Gasteiger partial charge in [-0.2, -0.15) is 10.4 Å². The van der Waals surface area contributed by atoms with E-state index in [0.29, 0.717) is 35.9 Å². The summed E-state index contributed by atoms with van der Waals surface area (Å²) in [7, 11) is 1.60. The van der Waals surface area contributed by atoms with Crippen molar-refractivity contribution in [1.29, 1.82) is 5.26 Å². The summed E-state index contributed by atoms with van der Waals surface area (Å²) in [6.45, 7) is 14.1. The van der Waals surface area contributed by atoms with E-state index in [2.05, 4.69) is 49.3 Å². The van der Waals surface area contributed by atoms with E-state index in [0.717, 1.165) is 41.8 Å². The molecule has 1 aromatic carbocycles. The fourth-order valence-electron chi connectivity index (χ4n) is 5.07. The molecule has 0 saturated heterocycles. The van der Waals surface area contributed by atoms with Crippen molar-refractivity contribution in [2.45, 2.75) is 86.0 Å². The largest absolute Gasteiger partial charge is 0.328 e. The normalized spacial score (nSPS) is 18.0. The predicted molar refractivity (Wildman–Crippen MR) is 171 cm³/mol. The molecule has 0 spiro atoms. The van der Waals surface area contributed by atoms with E-state index in [1.807, 2.05) is 32.2 Å². The molecule has 1 heterocycles. The van der Waals surface area contributed by atoms with Crippen molar-refractivity contribution in [2.24, 2.45) is 21.8 Å². The first kappa shape index (κ1) is 31.9. The Morgan fingerprint density at radius 1 is 1.23 bits per heavy atom. The number of anilines is 2. The minimum Gasteiger partial charge on any atom is -0.328 e. The van der Waals surface area contributed by atoms with Gasteiger partial charge in [-0.15, -0.1) is 0 Å². The summed E-state index contributed by atoms with van der Waals surface area (Å²) in [4.78, 5) is 11.3. The Balaban J connectivity index is 1.88. The summed E-state index contributed by atoms with van der Waals surface area (Å²) in [5.74, 6) is 0.639. The van der Waals surface area contributed by atoms with Gasteiger partial charge in [0.2, 0.25) is 0 Å². The maximum atomic E-state index is 15.5. The Morgan fingerprint density at radius 3 is 2.35 bits per heavy atom. The van der Waals surface area contributed by atoms with E-state index in [4.69, 9.17) is 9.98 Å². The predicted octanol–water partition coefficient (Wildman–Crippen LogP) is 8.50. The van der Waals surface area contributed by atoms with Crippen LogP contribution < -0.4 is 10.2 Å². The molecule has 2 aliphatic carbocycles. The van der Waals surface area contributed by atoms with Crippen LogP contribution in [-0.2, 0) is 5.41 Å². The number of hydrogen-bond acceptors (Lipinski definition) is 5. The number of nitrogens with zero attached hydrogens (tertiary/aromatic N) is 5. The van der Waals surface area contributed by atoms with Crippen molar-refractivity contribution in [2.75, 3.05) is 17.3 Å². The molecule has 2 aromatic rings. The molecule has 43 heavy (non-hydrogen) atoms. The molecule has 0 aliphatic heterocycles. The lowest BCUT2D eigenvalue weighted by Crippen LogP contribution is -2.27. The van der Waals surface area contributed by atoms with Gasteiger partial charge in [0.05, 0.1) is 17.2 Å². The first-order chi connectivity index (χ1) is 20.4. The first-order valence-electron chi connectivity index (χ1n) is 15.1. The van der Waals surface area contributed by atoms with Crippen LogP contribution in [0.3, 0.4) is 0 Å². The number of nitriles is 1. The van der Waals surface area contributed by atoms with Gasteiger partial charge in [0.1, 0.15) is 29.0 Å². The number of aromatic amines is 1. The molecule has 1 aromatic heterocycles. The zero-order valence-electron chi connectivity index (χ0n) is 26.6. The molecule has 7 nitrogen and oxygen atoms in total. The summed E-state index contributed by atoms with van der Waals surface area (Å²) in [5.41, 5.74) is 4.37. The van der Waals surface area contributed by atoms with Crippen LogP contribution >= 0.6 is 0 Å². The molecule has 9 heteroatoms. The third-order valence-corrected chi connectivity index (χ3v) is 8.09. The molecular formula is C34H43F2N7. The van der Waals surface area contributed by atoms with Crippen LogP contribution in [0.2, 0.25) is 0 Å². The number of aromatic nitrogens is 2. The molecular weight excluding hydrogens is 544 g/mol. The van der Waals surface area contributed by atoms with Crippen molar-refractivity contribution in [1.82, 2.24) is 10.2 Å². The Hall–Kier alpha value is -4.06. The number of aryl methyl sites for hydroxylation is 1. The highest BCUT2D eigenvalue weighted by molar-refractivity contribution is 5.96. The van der Waals surface area contributed by atoms with Crippen LogP contribution in [0.15, 0.2) is 62.5 Å². The quantitative estimate of drug-likeness (QED) is 0.157. The number of amidine groups is 1. The fraction of sp³-hybridized carbons (Fsp3) is 0.471. The van der Waals surface area contributed by atoms with Gasteiger partial charge >= 0.3 is 0 Å². The lowest BCUT2D eigenvalue weighted by atomic mass is 9.92. The fourth-order valence-corrected chi connectivity index (χ4v) is 5.07. The van der Waals surface area contributed by atoms with E-state index in [1.165, 1.54) is 22.6 Å². The maximum absolute atomic E-state index is 15.5. The summed E-state index contributed by atoms with van der Waals surface area (Å²) in [6.07, 6.45) is 8.01. The molecule has 228 valence electrons. The number of benzene rings is 1. The van der Waals surface area contributed by atoms with Crippen LogP contribution in [0.5, 0.6) is 0 Å². The molecule has 2 fully saturated rings. The standard InChI is InChI=1S/C34H43F2N7/c1-9-21(5)30(28(10-2)38-18-20(3)4)31(24-11-12-24)33(40-29-15-22(6)41-42-29)39-23(7)43(8)32-26(35)16-25(17-27(32)36)34(19-37)13-14-34/h10,15-18,20,24H,9,11-14H2,1-8H3,(H2,40,41,42)/b28-10-,30-21+,33-31+,38-18?,39-23+. The summed E-state index contributed by atoms with van der Waals surface area (Å²) < 4.78 is 30.9. The van der Waals surface area contributed by atoms with Gasteiger partial charge in [-0.25, -0.2) is 13.8 Å². The van der Waals surface area contributed by atoms with Gasteiger partial charge in [-0.1, -0.05) is 32.4 Å². The van der Waals surface area contributed by atoms with Gasteiger partial charge in [0, 0.05) is 36.2 Å². The monoisotopic (exact) mass is 587 g/mol. The molecule has 0 unspecified atom stereocenters. The molecule has 2 aliphatic rings. The van der Waals surface area contributed by atoms with Gasteiger partial charge in [0.15, 0.2) is 5.82 Å². The number of H-pyrrole nitrogens is 1. The number of hydrogen-bond donors (Lipinski definition) is 2. The SMILES string of the molecule is C/C=C(N=CC(C)C)/C(=C(/C)CC)C(=C(\N=C(/C)N(C)c1c(F)cc(C2(C#N)CC2)cc1F)Nc1cc(C)[nH]n1)/C1CC1. The third kappa shape index (κ3) is 7.12. The lowest BCUT2D eigenvalue weighted by Gasteiger charge is -2.24. The van der Waals surface area contributed by atoms with E-state index in [9.17, 15) is 5.26 Å². The Morgan fingerprint density at radius 2 is 1.88 bits per heavy atom. The van der Waals surface area contributed by atoms with Crippen molar-refractivity contribution in [3.8, 4) is 6.07 Å². The van der Waals surface area contributed by atoms with Crippen molar-refractivity contribution >= 4 is 23.6 Å². The van der Waals surface area contributed by atoms with E-state index in [-0.39, 0.29) is 17.5 Å². The van der Waals surface area contributed by atoms with E-state index in [1.54, 1.807) is 14.0 Å². The van der Waals surface area contributed by atoms with Crippen LogP contribution in [0.1, 0.15) is 84.9 Å². The maximum Gasteiger partial charge on any atom is 0.153 e. The highest BCUT2D eigenvalue weighted by atomic mass is 19.1. The molecule has 0 atom stereocenters. The Kier molecular flexibility index (Phi) is 9.69. The highest BCUT2D eigenvalue weighted by Crippen LogP contribution is 2.49. The van der Waals surface area contributed by atoms with E-state index >= 15 is 8.78 Å². The van der Waals surface area contributed by atoms with Crippen molar-refractivity contribution < 1.29 is 8.78 Å². The second-order valence-electron chi connectivity index (χ2n) is 12.0. The summed E-state index contributed by atoms with van der Waals surface area (Å²) >= 11 is 0. The first-order valence-corrected chi connectivity index (χ1v) is 15.1. The van der Waals surface area contributed by atoms with Crippen molar-refractivity contribution in [3.63, 3.8) is 0 Å². The molecule has 2 N–H and O–H groups in total. The van der Waals surface area contributed by atoms with Gasteiger partial charge in [-0.3, -0.25) is 10.1 Å². The van der Waals surface area contributed by atoms with Gasteiger partial charge in [0.25, 0.3) is 0 Å². The molecule has 0 radical (unpaired) electrons. The minimum atomic E-state index is -0.787. The number of halogens is 2. The number of nitrogens with one attached hydrogen (secondary N) is 2. The second kappa shape index (κ2) is 13.1. The Bertz CT molecular complexity index is 1530. The number of allylic oxidation sites excluding steroid dienone is 3. The molecule has 0 bridgehead atoms. The second-order valence-corrected chi connectivity index (χ2v) is 12.0. The smallest absolute Gasteiger partial charge is 0.153 e. The summed E-state index contributed by atoms with van der Waals surface area (Å²) in [5, 5.41) is 20.3. The van der Waals surface area contributed by atoms with Gasteiger partial charge < -0.3 is 10.2 Å². The highest BCUT2D eigenvalue weighted by Gasteiger charge is 2.45. The molecule has 2 saturated carbocycles. The number of rotatable bonds is 11. The molecule has 0 amide bonds. The van der Waals surface area contributed by atoms with Crippen molar-refractivity contribution in [3.05, 3.63) is 75.4 Å². The zero-order chi connectivity index (χ0) is 31.5. The van der Waals surface area contributed by atoms with Crippen LogP contribution in [0.4, 0.5) is 20.3 Å². The minimum absolute atomic E-state index is 0.210. The average Bonchev–Trinajstić information content (AvgIpc) is 3.90. The average molecular weight is 588 g/mol. The number of aliphatic imine (C=N–C) groups is 2. The van der Waals surface area contributed by atoms with E-state index < -0.39 is 17.0 Å². The lowest BCUT2D eigenvalue weighted by molar-refractivity contribution is 0.579. The van der Waals surface area contributed by atoms with Crippen LogP contribution in [0.25, 0.3) is 0 Å². The molecule has 4 rings (SSSR count). The van der Waals surface area contributed by atoms with Crippen LogP contribution in [0, 0.1) is 41.7 Å². The zero-order valence-corrected chi connectivity index (χ0v) is 26.6. The summed E-state index contributed by atoms with van der Waals surface area (Å²) in [6, 6.07) is 6.68. The van der Waals surface area contributed by atoms with Gasteiger partial charge in [-0.05, 0) is 89.3 Å². The topological polar surface area (TPSA) is 92.5 Å². The Labute approximate surface area is 254 Å². The third-order valence-electron chi connectivity index (χ3n) is 8.09. The van der Waals surface area contributed by atoms with Crippen LogP contribution in [-0.4, -0.2) is 29.3 Å².